The van der Waals surface area contributed by atoms with Crippen LogP contribution in [0.1, 0.15) is 96.3 Å². The number of nitrogens with one attached hydrogen (secondary N) is 1. The van der Waals surface area contributed by atoms with Crippen molar-refractivity contribution in [1.29, 1.82) is 0 Å². The van der Waals surface area contributed by atoms with Crippen molar-refractivity contribution in [3.63, 3.8) is 0 Å². The van der Waals surface area contributed by atoms with Crippen molar-refractivity contribution < 1.29 is 14.7 Å². The minimum Gasteiger partial charge on any atom is -0.548 e. The molecule has 31 heavy (non-hydrogen) atoms. The van der Waals surface area contributed by atoms with E-state index in [1.165, 1.54) is 58.3 Å². The van der Waals surface area contributed by atoms with Crippen LogP contribution in [-0.2, 0) is 4.79 Å². The Bertz CT molecular complexity index is 554. The Morgan fingerprint density at radius 2 is 1.19 bits per heavy atom. The van der Waals surface area contributed by atoms with Crippen LogP contribution in [0.15, 0.2) is 30.3 Å². The summed E-state index contributed by atoms with van der Waals surface area (Å²) in [4.78, 5) is 21.7. The molecule has 0 radical (unpaired) electrons. The van der Waals surface area contributed by atoms with Crippen molar-refractivity contribution in [2.24, 2.45) is 0 Å². The van der Waals surface area contributed by atoms with Crippen LogP contribution in [0.5, 0.6) is 0 Å². The van der Waals surface area contributed by atoms with Gasteiger partial charge in [0.15, 0.2) is 0 Å². The molecular formula is C26H46NO3P. The summed E-state index contributed by atoms with van der Waals surface area (Å²) in [5.74, 6) is -1.71. The maximum absolute atomic E-state index is 11.4. The smallest absolute Gasteiger partial charge is 0.251 e. The quantitative estimate of drug-likeness (QED) is 0.345. The standard InChI is InChI=1S/C16H36P.C10H11NO3/c1-5-9-13-17(14-10-6-2,15-11-7-3)16-12-8-4;1-7(10(13)14)11-9(12)8-5-3-2-4-6-8/h5-16H2,1-4H3;2-7H,1H3,(H,11,12)(H,13,14)/q+1;/p-1. The fourth-order valence-corrected chi connectivity index (χ4v) is 8.86. The molecule has 0 saturated heterocycles. The van der Waals surface area contributed by atoms with Crippen LogP contribution in [0, 0.1) is 0 Å². The highest BCUT2D eigenvalue weighted by molar-refractivity contribution is 7.75. The lowest BCUT2D eigenvalue weighted by Crippen LogP contribution is -2.45. The number of unbranched alkanes of at least 4 members (excludes halogenated alkanes) is 4. The van der Waals surface area contributed by atoms with Crippen molar-refractivity contribution in [2.75, 3.05) is 24.6 Å². The van der Waals surface area contributed by atoms with Crippen molar-refractivity contribution in [3.8, 4) is 0 Å². The van der Waals surface area contributed by atoms with Gasteiger partial charge in [0, 0.05) is 12.8 Å². The van der Waals surface area contributed by atoms with Gasteiger partial charge in [-0.1, -0.05) is 71.6 Å². The maximum atomic E-state index is 11.4. The number of benzene rings is 1. The van der Waals surface area contributed by atoms with Gasteiger partial charge in [-0.3, -0.25) is 4.79 Å². The molecule has 4 nitrogen and oxygen atoms in total. The molecule has 0 heterocycles. The predicted molar refractivity (Wildman–Crippen MR) is 134 cm³/mol. The van der Waals surface area contributed by atoms with Crippen molar-refractivity contribution >= 4 is 19.1 Å². The Hall–Kier alpha value is -1.41. The molecule has 0 aliphatic carbocycles. The van der Waals surface area contributed by atoms with Gasteiger partial charge in [0.2, 0.25) is 0 Å². The van der Waals surface area contributed by atoms with Gasteiger partial charge in [-0.2, -0.15) is 0 Å². The van der Waals surface area contributed by atoms with Crippen molar-refractivity contribution in [1.82, 2.24) is 5.32 Å². The summed E-state index contributed by atoms with van der Waals surface area (Å²) >= 11 is 0. The van der Waals surface area contributed by atoms with Gasteiger partial charge in [-0.05, 0) is 44.7 Å². The molecule has 0 aliphatic heterocycles. The Kier molecular flexibility index (Phi) is 17.4. The topological polar surface area (TPSA) is 69.2 Å². The molecule has 1 unspecified atom stereocenters. The Balaban J connectivity index is 0.000000590. The molecule has 1 atom stereocenters. The zero-order valence-corrected chi connectivity index (χ0v) is 21.5. The van der Waals surface area contributed by atoms with E-state index >= 15 is 0 Å². The largest absolute Gasteiger partial charge is 0.548 e. The summed E-state index contributed by atoms with van der Waals surface area (Å²) < 4.78 is 0. The van der Waals surface area contributed by atoms with E-state index in [0.29, 0.717) is 5.56 Å². The second kappa shape index (κ2) is 18.2. The van der Waals surface area contributed by atoms with Crippen LogP contribution in [-0.4, -0.2) is 42.6 Å². The monoisotopic (exact) mass is 451 g/mol. The second-order valence-corrected chi connectivity index (χ2v) is 13.0. The third-order valence-electron chi connectivity index (χ3n) is 5.68. The first-order valence-electron chi connectivity index (χ1n) is 12.3. The zero-order valence-electron chi connectivity index (χ0n) is 20.6. The van der Waals surface area contributed by atoms with E-state index in [1.807, 2.05) is 0 Å². The molecule has 0 fully saturated rings. The number of hydrogen-bond acceptors (Lipinski definition) is 3. The van der Waals surface area contributed by atoms with E-state index in [9.17, 15) is 14.7 Å². The number of aliphatic carboxylic acids is 1. The first-order valence-corrected chi connectivity index (χ1v) is 14.8. The van der Waals surface area contributed by atoms with Crippen LogP contribution in [0.4, 0.5) is 0 Å². The van der Waals surface area contributed by atoms with E-state index < -0.39 is 25.2 Å². The molecule has 1 rings (SSSR count). The lowest BCUT2D eigenvalue weighted by atomic mass is 10.2. The van der Waals surface area contributed by atoms with Crippen LogP contribution >= 0.6 is 7.26 Å². The van der Waals surface area contributed by atoms with E-state index in [2.05, 4.69) is 33.0 Å². The highest BCUT2D eigenvalue weighted by Gasteiger charge is 2.34. The van der Waals surface area contributed by atoms with E-state index in [4.69, 9.17) is 0 Å². The minimum absolute atomic E-state index is 0.415. The molecule has 178 valence electrons. The number of rotatable bonds is 15. The molecule has 1 aromatic carbocycles. The molecular weight excluding hydrogens is 405 g/mol. The molecule has 1 amide bonds. The van der Waals surface area contributed by atoms with Crippen LogP contribution < -0.4 is 10.4 Å². The average molecular weight is 452 g/mol. The molecule has 0 aliphatic rings. The Labute approximate surface area is 191 Å². The molecule has 5 heteroatoms. The predicted octanol–water partition coefficient (Wildman–Crippen LogP) is 5.76. The highest BCUT2D eigenvalue weighted by Crippen LogP contribution is 2.61. The third kappa shape index (κ3) is 13.6. The lowest BCUT2D eigenvalue weighted by molar-refractivity contribution is -0.307. The fraction of sp³-hybridized carbons (Fsp3) is 0.692. The number of hydrogen-bond donors (Lipinski definition) is 1. The van der Waals surface area contributed by atoms with Crippen molar-refractivity contribution in [3.05, 3.63) is 35.9 Å². The summed E-state index contributed by atoms with van der Waals surface area (Å²) in [6.07, 6.45) is 17.9. The van der Waals surface area contributed by atoms with Gasteiger partial charge in [0.25, 0.3) is 5.91 Å². The average Bonchev–Trinajstić information content (AvgIpc) is 2.79. The van der Waals surface area contributed by atoms with Gasteiger partial charge in [0.1, 0.15) is 0 Å². The minimum atomic E-state index is -1.30. The third-order valence-corrected chi connectivity index (χ3v) is 10.7. The molecule has 1 aromatic rings. The van der Waals surface area contributed by atoms with Crippen LogP contribution in [0.2, 0.25) is 0 Å². The SMILES string of the molecule is CC(NC(=O)c1ccccc1)C(=O)[O-].CCCC[P+](CCCC)(CCCC)CCCC. The fourth-order valence-electron chi connectivity index (χ4n) is 3.57. The van der Waals surface area contributed by atoms with E-state index in [1.54, 1.807) is 55.0 Å². The summed E-state index contributed by atoms with van der Waals surface area (Å²) in [6.45, 7) is 10.8. The van der Waals surface area contributed by atoms with Crippen LogP contribution in [0.25, 0.3) is 0 Å². The first-order chi connectivity index (χ1) is 14.9. The molecule has 0 aromatic heterocycles. The molecule has 1 N–H and O–H groups in total. The number of amides is 1. The molecule has 0 saturated carbocycles. The van der Waals surface area contributed by atoms with E-state index in [0.717, 1.165) is 0 Å². The number of carboxylic acids is 1. The Morgan fingerprint density at radius 1 is 0.806 bits per heavy atom. The van der Waals surface area contributed by atoms with Gasteiger partial charge < -0.3 is 15.2 Å². The zero-order chi connectivity index (χ0) is 23.5. The highest BCUT2D eigenvalue weighted by atomic mass is 31.2. The van der Waals surface area contributed by atoms with Gasteiger partial charge in [-0.25, -0.2) is 0 Å². The summed E-state index contributed by atoms with van der Waals surface area (Å²) in [6, 6.07) is 7.42. The van der Waals surface area contributed by atoms with Gasteiger partial charge >= 0.3 is 0 Å². The first kappa shape index (κ1) is 29.6. The van der Waals surface area contributed by atoms with Gasteiger partial charge in [-0.15, -0.1) is 0 Å². The number of carbonyl (C=O) groups is 2. The normalized spacial score (nSPS) is 11.9. The van der Waals surface area contributed by atoms with Crippen LogP contribution in [0.3, 0.4) is 0 Å². The maximum Gasteiger partial charge on any atom is 0.251 e. The van der Waals surface area contributed by atoms with Crippen molar-refractivity contribution in [2.45, 2.75) is 92.0 Å². The van der Waals surface area contributed by atoms with E-state index in [-0.39, 0.29) is 0 Å². The summed E-state index contributed by atoms with van der Waals surface area (Å²) in [5.41, 5.74) is 0.431. The number of carboxylic acid groups (broad SMARTS) is 1. The second-order valence-electron chi connectivity index (χ2n) is 8.53. The number of carbonyl (C=O) groups excluding carboxylic acids is 2. The Morgan fingerprint density at radius 3 is 1.52 bits per heavy atom. The summed E-state index contributed by atoms with van der Waals surface area (Å²) in [7, 11) is -0.562. The molecule has 0 spiro atoms. The lowest BCUT2D eigenvalue weighted by Gasteiger charge is -2.28. The molecule has 0 bridgehead atoms. The summed E-state index contributed by atoms with van der Waals surface area (Å²) in [5, 5.41) is 12.6. The van der Waals surface area contributed by atoms with Gasteiger partial charge in [0.05, 0.1) is 36.7 Å².